The Hall–Kier alpha value is -1.10. The molecule has 0 aliphatic rings. The first-order chi connectivity index (χ1) is 9.51. The lowest BCUT2D eigenvalue weighted by Crippen LogP contribution is -2.00. The van der Waals surface area contributed by atoms with Crippen LogP contribution in [0.3, 0.4) is 0 Å². The normalized spacial score (nSPS) is 10.4. The molecule has 0 fully saturated rings. The molecule has 0 spiro atoms. The summed E-state index contributed by atoms with van der Waals surface area (Å²) in [5.74, 6) is 0.427. The number of anilines is 1. The molecule has 0 radical (unpaired) electrons. The molecule has 0 heterocycles. The summed E-state index contributed by atoms with van der Waals surface area (Å²) in [4.78, 5) is 0. The Kier molecular flexibility index (Phi) is 5.02. The lowest BCUT2D eigenvalue weighted by Gasteiger charge is -2.12. The fourth-order valence-corrected chi connectivity index (χ4v) is 2.38. The van der Waals surface area contributed by atoms with Crippen LogP contribution in [0.25, 0.3) is 0 Å². The van der Waals surface area contributed by atoms with Gasteiger partial charge >= 0.3 is 0 Å². The van der Waals surface area contributed by atoms with Gasteiger partial charge in [0.25, 0.3) is 0 Å². The molecular formula is C14H12BrCl2NO2. The molecule has 0 aliphatic heterocycles. The SMILES string of the molecule is COc1cc(Cl)cc(CNc2ccc(Br)c(Cl)c2)c1O. The van der Waals surface area contributed by atoms with Gasteiger partial charge in [-0.25, -0.2) is 0 Å². The van der Waals surface area contributed by atoms with Crippen molar-refractivity contribution in [1.82, 2.24) is 0 Å². The van der Waals surface area contributed by atoms with Crippen molar-refractivity contribution in [3.05, 3.63) is 50.4 Å². The highest BCUT2D eigenvalue weighted by Crippen LogP contribution is 2.34. The Morgan fingerprint density at radius 1 is 1.25 bits per heavy atom. The van der Waals surface area contributed by atoms with Gasteiger partial charge in [-0.15, -0.1) is 0 Å². The largest absolute Gasteiger partial charge is 0.504 e. The Bertz CT molecular complexity index is 635. The molecule has 0 aliphatic carbocycles. The van der Waals surface area contributed by atoms with Crippen LogP contribution in [0.5, 0.6) is 11.5 Å². The average molecular weight is 377 g/mol. The maximum absolute atomic E-state index is 10.0. The first-order valence-corrected chi connectivity index (χ1v) is 7.30. The van der Waals surface area contributed by atoms with E-state index >= 15 is 0 Å². The summed E-state index contributed by atoms with van der Waals surface area (Å²) >= 11 is 15.3. The van der Waals surface area contributed by atoms with Crippen molar-refractivity contribution in [2.24, 2.45) is 0 Å². The molecular weight excluding hydrogens is 365 g/mol. The third-order valence-corrected chi connectivity index (χ3v) is 4.19. The second-order valence-corrected chi connectivity index (χ2v) is 5.80. The lowest BCUT2D eigenvalue weighted by molar-refractivity contribution is 0.371. The molecule has 106 valence electrons. The molecule has 2 aromatic carbocycles. The van der Waals surface area contributed by atoms with E-state index in [9.17, 15) is 5.11 Å². The van der Waals surface area contributed by atoms with Crippen molar-refractivity contribution in [1.29, 1.82) is 0 Å². The third kappa shape index (κ3) is 3.51. The number of nitrogens with one attached hydrogen (secondary N) is 1. The van der Waals surface area contributed by atoms with Crippen molar-refractivity contribution in [2.45, 2.75) is 6.54 Å². The topological polar surface area (TPSA) is 41.5 Å². The molecule has 2 aromatic rings. The fraction of sp³-hybridized carbons (Fsp3) is 0.143. The van der Waals surface area contributed by atoms with Crippen LogP contribution in [-0.2, 0) is 6.54 Å². The number of methoxy groups -OCH3 is 1. The number of hydrogen-bond donors (Lipinski definition) is 2. The predicted octanol–water partition coefficient (Wildman–Crippen LogP) is 5.08. The van der Waals surface area contributed by atoms with Crippen molar-refractivity contribution < 1.29 is 9.84 Å². The number of hydrogen-bond acceptors (Lipinski definition) is 3. The number of benzene rings is 2. The van der Waals surface area contributed by atoms with Crippen LogP contribution in [0, 0.1) is 0 Å². The van der Waals surface area contributed by atoms with E-state index in [2.05, 4.69) is 21.2 Å². The summed E-state index contributed by atoms with van der Waals surface area (Å²) < 4.78 is 5.89. The van der Waals surface area contributed by atoms with Gasteiger partial charge in [0, 0.05) is 33.4 Å². The molecule has 0 saturated heterocycles. The van der Waals surface area contributed by atoms with Gasteiger partial charge in [0.1, 0.15) is 0 Å². The molecule has 6 heteroatoms. The molecule has 3 nitrogen and oxygen atoms in total. The molecule has 0 bridgehead atoms. The van der Waals surface area contributed by atoms with E-state index in [0.29, 0.717) is 27.9 Å². The standard InChI is InChI=1S/C14H12BrCl2NO2/c1-20-13-5-9(16)4-8(14(13)19)7-18-10-2-3-11(15)12(17)6-10/h2-6,18-19H,7H2,1H3. The highest BCUT2D eigenvalue weighted by molar-refractivity contribution is 9.10. The fourth-order valence-electron chi connectivity index (χ4n) is 1.72. The molecule has 0 aromatic heterocycles. The van der Waals surface area contributed by atoms with Crippen molar-refractivity contribution >= 4 is 44.8 Å². The van der Waals surface area contributed by atoms with Gasteiger partial charge in [0.2, 0.25) is 0 Å². The van der Waals surface area contributed by atoms with E-state index in [-0.39, 0.29) is 5.75 Å². The van der Waals surface area contributed by atoms with Crippen LogP contribution < -0.4 is 10.1 Å². The summed E-state index contributed by atoms with van der Waals surface area (Å²) in [6.07, 6.45) is 0. The second-order valence-electron chi connectivity index (χ2n) is 4.10. The Morgan fingerprint density at radius 3 is 2.65 bits per heavy atom. The zero-order chi connectivity index (χ0) is 14.7. The molecule has 2 N–H and O–H groups in total. The number of phenols is 1. The van der Waals surface area contributed by atoms with E-state index in [1.54, 1.807) is 18.2 Å². The average Bonchev–Trinajstić information content (AvgIpc) is 2.43. The van der Waals surface area contributed by atoms with Gasteiger partial charge in [-0.2, -0.15) is 0 Å². The highest BCUT2D eigenvalue weighted by atomic mass is 79.9. The van der Waals surface area contributed by atoms with E-state index in [0.717, 1.165) is 10.2 Å². The summed E-state index contributed by atoms with van der Waals surface area (Å²) in [5, 5.41) is 14.3. The zero-order valence-electron chi connectivity index (χ0n) is 10.6. The van der Waals surface area contributed by atoms with Crippen molar-refractivity contribution in [3.63, 3.8) is 0 Å². The Balaban J connectivity index is 2.18. The predicted molar refractivity (Wildman–Crippen MR) is 86.1 cm³/mol. The lowest BCUT2D eigenvalue weighted by atomic mass is 10.1. The van der Waals surface area contributed by atoms with Crippen LogP contribution in [-0.4, -0.2) is 12.2 Å². The van der Waals surface area contributed by atoms with Gasteiger partial charge in [-0.1, -0.05) is 23.2 Å². The van der Waals surface area contributed by atoms with E-state index < -0.39 is 0 Å². The van der Waals surface area contributed by atoms with E-state index in [1.165, 1.54) is 7.11 Å². The number of rotatable bonds is 4. The minimum Gasteiger partial charge on any atom is -0.504 e. The maximum atomic E-state index is 10.0. The van der Waals surface area contributed by atoms with Crippen LogP contribution in [0.4, 0.5) is 5.69 Å². The molecule has 2 rings (SSSR count). The number of aromatic hydroxyl groups is 1. The van der Waals surface area contributed by atoms with Crippen LogP contribution in [0.2, 0.25) is 10.0 Å². The number of phenolic OH excluding ortho intramolecular Hbond substituents is 1. The monoisotopic (exact) mass is 375 g/mol. The summed E-state index contributed by atoms with van der Waals surface area (Å²) in [6, 6.07) is 8.78. The quantitative estimate of drug-likeness (QED) is 0.781. The number of halogens is 3. The molecule has 0 atom stereocenters. The Labute approximate surface area is 135 Å². The third-order valence-electron chi connectivity index (χ3n) is 2.74. The van der Waals surface area contributed by atoms with Crippen molar-refractivity contribution in [2.75, 3.05) is 12.4 Å². The van der Waals surface area contributed by atoms with E-state index in [1.807, 2.05) is 12.1 Å². The highest BCUT2D eigenvalue weighted by Gasteiger charge is 2.10. The summed E-state index contributed by atoms with van der Waals surface area (Å²) in [7, 11) is 1.48. The van der Waals surface area contributed by atoms with Crippen LogP contribution in [0.15, 0.2) is 34.8 Å². The van der Waals surface area contributed by atoms with Gasteiger partial charge in [0.05, 0.1) is 12.1 Å². The van der Waals surface area contributed by atoms with Crippen molar-refractivity contribution in [3.8, 4) is 11.5 Å². The molecule has 0 saturated carbocycles. The van der Waals surface area contributed by atoms with Gasteiger partial charge in [-0.05, 0) is 40.2 Å². The summed E-state index contributed by atoms with van der Waals surface area (Å²) in [5.41, 5.74) is 1.49. The van der Waals surface area contributed by atoms with Crippen LogP contribution in [0.1, 0.15) is 5.56 Å². The van der Waals surface area contributed by atoms with Gasteiger partial charge < -0.3 is 15.2 Å². The first-order valence-electron chi connectivity index (χ1n) is 5.75. The first kappa shape index (κ1) is 15.3. The maximum Gasteiger partial charge on any atom is 0.162 e. The van der Waals surface area contributed by atoms with Crippen LogP contribution >= 0.6 is 39.1 Å². The molecule has 0 amide bonds. The number of ether oxygens (including phenoxy) is 1. The Morgan fingerprint density at radius 2 is 2.00 bits per heavy atom. The molecule has 0 unspecified atom stereocenters. The van der Waals surface area contributed by atoms with Gasteiger partial charge in [-0.3, -0.25) is 0 Å². The second kappa shape index (κ2) is 6.57. The zero-order valence-corrected chi connectivity index (χ0v) is 13.7. The summed E-state index contributed by atoms with van der Waals surface area (Å²) in [6.45, 7) is 0.403. The minimum atomic E-state index is 0.0765. The van der Waals surface area contributed by atoms with E-state index in [4.69, 9.17) is 27.9 Å². The smallest absolute Gasteiger partial charge is 0.162 e. The molecule has 20 heavy (non-hydrogen) atoms. The van der Waals surface area contributed by atoms with Gasteiger partial charge in [0.15, 0.2) is 11.5 Å². The minimum absolute atomic E-state index is 0.0765.